The first-order valence-electron chi connectivity index (χ1n) is 5.90. The second kappa shape index (κ2) is 5.37. The number of halogens is 1. The molecule has 0 aliphatic carbocycles. The maximum absolute atomic E-state index is 11.9. The Morgan fingerprint density at radius 2 is 1.82 bits per heavy atom. The molecule has 0 saturated carbocycles. The summed E-state index contributed by atoms with van der Waals surface area (Å²) in [6.07, 6.45) is 3.84. The molecular formula is C14H16ClNO. The second-order valence-electron chi connectivity index (χ2n) is 4.39. The minimum absolute atomic E-state index is 0.0260. The molecule has 1 aromatic rings. The van der Waals surface area contributed by atoms with Gasteiger partial charge in [0, 0.05) is 24.7 Å². The fourth-order valence-electron chi connectivity index (χ4n) is 1.93. The monoisotopic (exact) mass is 249 g/mol. The van der Waals surface area contributed by atoms with Gasteiger partial charge in [-0.25, -0.2) is 0 Å². The maximum atomic E-state index is 11.9. The number of rotatable bonds is 3. The Balaban J connectivity index is 2.09. The van der Waals surface area contributed by atoms with Gasteiger partial charge in [-0.2, -0.15) is 0 Å². The van der Waals surface area contributed by atoms with E-state index in [2.05, 4.69) is 0 Å². The highest BCUT2D eigenvalue weighted by Crippen LogP contribution is 2.18. The lowest BCUT2D eigenvalue weighted by atomic mass is 10.1. The number of hydrogen-bond donors (Lipinski definition) is 0. The van der Waals surface area contributed by atoms with Gasteiger partial charge >= 0.3 is 0 Å². The molecule has 90 valence electrons. The third-order valence-corrected chi connectivity index (χ3v) is 3.34. The number of likely N-dealkylation sites (tertiary alicyclic amines) is 1. The van der Waals surface area contributed by atoms with E-state index in [0.29, 0.717) is 10.7 Å². The van der Waals surface area contributed by atoms with Gasteiger partial charge in [-0.05, 0) is 19.8 Å². The van der Waals surface area contributed by atoms with Crippen molar-refractivity contribution in [2.24, 2.45) is 0 Å². The molecule has 0 spiro atoms. The normalized spacial score (nSPS) is 16.4. The Morgan fingerprint density at radius 3 is 2.41 bits per heavy atom. The van der Waals surface area contributed by atoms with Gasteiger partial charge in [-0.3, -0.25) is 4.79 Å². The average Bonchev–Trinajstić information content (AvgIpc) is 2.83. The molecule has 1 heterocycles. The molecular weight excluding hydrogens is 234 g/mol. The topological polar surface area (TPSA) is 20.3 Å². The lowest BCUT2D eigenvalue weighted by molar-refractivity contribution is 0.104. The van der Waals surface area contributed by atoms with Crippen molar-refractivity contribution in [2.45, 2.75) is 19.8 Å². The summed E-state index contributed by atoms with van der Waals surface area (Å²) in [7, 11) is 0. The molecule has 2 rings (SSSR count). The van der Waals surface area contributed by atoms with Gasteiger partial charge in [0.15, 0.2) is 5.78 Å². The number of carbonyl (C=O) groups excluding carboxylic acids is 1. The van der Waals surface area contributed by atoms with E-state index >= 15 is 0 Å². The van der Waals surface area contributed by atoms with Crippen molar-refractivity contribution in [3.63, 3.8) is 0 Å². The van der Waals surface area contributed by atoms with Crippen molar-refractivity contribution < 1.29 is 4.79 Å². The SMILES string of the molecule is Cc1ccc(C(=O)C=C(Cl)N2CCCC2)cc1. The van der Waals surface area contributed by atoms with Crippen molar-refractivity contribution in [1.82, 2.24) is 4.90 Å². The minimum Gasteiger partial charge on any atom is -0.362 e. The van der Waals surface area contributed by atoms with Crippen LogP contribution in [0.4, 0.5) is 0 Å². The van der Waals surface area contributed by atoms with E-state index in [1.54, 1.807) is 0 Å². The zero-order valence-corrected chi connectivity index (χ0v) is 10.7. The number of nitrogens with zero attached hydrogens (tertiary/aromatic N) is 1. The average molecular weight is 250 g/mol. The zero-order valence-electron chi connectivity index (χ0n) is 9.95. The van der Waals surface area contributed by atoms with Crippen molar-refractivity contribution >= 4 is 17.4 Å². The van der Waals surface area contributed by atoms with Crippen LogP contribution < -0.4 is 0 Å². The Morgan fingerprint density at radius 1 is 1.24 bits per heavy atom. The van der Waals surface area contributed by atoms with Crippen LogP contribution >= 0.6 is 11.6 Å². The van der Waals surface area contributed by atoms with Crippen molar-refractivity contribution in [3.8, 4) is 0 Å². The molecule has 3 heteroatoms. The molecule has 1 fully saturated rings. The predicted molar refractivity (Wildman–Crippen MR) is 70.3 cm³/mol. The molecule has 1 saturated heterocycles. The number of aryl methyl sites for hydroxylation is 1. The van der Waals surface area contributed by atoms with E-state index in [0.717, 1.165) is 31.5 Å². The van der Waals surface area contributed by atoms with Crippen molar-refractivity contribution in [1.29, 1.82) is 0 Å². The number of carbonyl (C=O) groups is 1. The van der Waals surface area contributed by atoms with Gasteiger partial charge in [0.25, 0.3) is 0 Å². The van der Waals surface area contributed by atoms with Gasteiger partial charge in [0.2, 0.25) is 0 Å². The second-order valence-corrected chi connectivity index (χ2v) is 4.78. The molecule has 1 aliphatic rings. The Kier molecular flexibility index (Phi) is 3.85. The van der Waals surface area contributed by atoms with E-state index < -0.39 is 0 Å². The largest absolute Gasteiger partial charge is 0.362 e. The van der Waals surface area contributed by atoms with E-state index in [4.69, 9.17) is 11.6 Å². The molecule has 0 amide bonds. The number of benzene rings is 1. The van der Waals surface area contributed by atoms with E-state index in [1.165, 1.54) is 6.08 Å². The molecule has 0 bridgehead atoms. The number of allylic oxidation sites excluding steroid dienone is 1. The smallest absolute Gasteiger partial charge is 0.188 e. The molecule has 0 N–H and O–H groups in total. The maximum Gasteiger partial charge on any atom is 0.188 e. The molecule has 17 heavy (non-hydrogen) atoms. The first-order chi connectivity index (χ1) is 8.16. The lowest BCUT2D eigenvalue weighted by Crippen LogP contribution is -2.16. The van der Waals surface area contributed by atoms with E-state index in [9.17, 15) is 4.79 Å². The molecule has 0 radical (unpaired) electrons. The molecule has 1 aliphatic heterocycles. The summed E-state index contributed by atoms with van der Waals surface area (Å²) >= 11 is 6.13. The molecule has 0 aromatic heterocycles. The highest BCUT2D eigenvalue weighted by molar-refractivity contribution is 6.31. The highest BCUT2D eigenvalue weighted by Gasteiger charge is 2.14. The van der Waals surface area contributed by atoms with Crippen molar-refractivity contribution in [3.05, 3.63) is 46.6 Å². The molecule has 0 unspecified atom stereocenters. The third kappa shape index (κ3) is 3.10. The van der Waals surface area contributed by atoms with E-state index in [1.807, 2.05) is 36.1 Å². The summed E-state index contributed by atoms with van der Waals surface area (Å²) in [6, 6.07) is 7.54. The molecule has 0 atom stereocenters. The highest BCUT2D eigenvalue weighted by atomic mass is 35.5. The van der Waals surface area contributed by atoms with Crippen LogP contribution in [0.1, 0.15) is 28.8 Å². The molecule has 1 aromatic carbocycles. The van der Waals surface area contributed by atoms with E-state index in [-0.39, 0.29) is 5.78 Å². The summed E-state index contributed by atoms with van der Waals surface area (Å²) in [4.78, 5) is 14.0. The summed E-state index contributed by atoms with van der Waals surface area (Å²) < 4.78 is 0. The van der Waals surface area contributed by atoms with Gasteiger partial charge in [-0.15, -0.1) is 0 Å². The van der Waals surface area contributed by atoms with Crippen LogP contribution in [0.3, 0.4) is 0 Å². The first-order valence-corrected chi connectivity index (χ1v) is 6.28. The van der Waals surface area contributed by atoms with Crippen LogP contribution in [-0.2, 0) is 0 Å². The lowest BCUT2D eigenvalue weighted by Gasteiger charge is -2.15. The van der Waals surface area contributed by atoms with Gasteiger partial charge in [0.1, 0.15) is 5.16 Å². The zero-order chi connectivity index (χ0) is 12.3. The van der Waals surface area contributed by atoms with Gasteiger partial charge < -0.3 is 4.90 Å². The van der Waals surface area contributed by atoms with Crippen molar-refractivity contribution in [2.75, 3.05) is 13.1 Å². The minimum atomic E-state index is -0.0260. The summed E-state index contributed by atoms with van der Waals surface area (Å²) in [5.74, 6) is -0.0260. The number of hydrogen-bond acceptors (Lipinski definition) is 2. The fourth-order valence-corrected chi connectivity index (χ4v) is 2.20. The Labute approximate surface area is 107 Å². The van der Waals surface area contributed by atoms with Crippen LogP contribution in [0.5, 0.6) is 0 Å². The summed E-state index contributed by atoms with van der Waals surface area (Å²) in [5.41, 5.74) is 1.84. The standard InChI is InChI=1S/C14H16ClNO/c1-11-4-6-12(7-5-11)13(17)10-14(15)16-8-2-3-9-16/h4-7,10H,2-3,8-9H2,1H3. The summed E-state index contributed by atoms with van der Waals surface area (Å²) in [5, 5.41) is 0.563. The molecule has 2 nitrogen and oxygen atoms in total. The van der Waals surface area contributed by atoms with Crippen LogP contribution in [0.25, 0.3) is 0 Å². The van der Waals surface area contributed by atoms with Gasteiger partial charge in [-0.1, -0.05) is 41.4 Å². The third-order valence-electron chi connectivity index (χ3n) is 2.99. The van der Waals surface area contributed by atoms with Gasteiger partial charge in [0.05, 0.1) is 0 Å². The van der Waals surface area contributed by atoms with Crippen LogP contribution in [-0.4, -0.2) is 23.8 Å². The number of ketones is 1. The van der Waals surface area contributed by atoms with Crippen LogP contribution in [0.2, 0.25) is 0 Å². The fraction of sp³-hybridized carbons (Fsp3) is 0.357. The van der Waals surface area contributed by atoms with Crippen LogP contribution in [0.15, 0.2) is 35.5 Å². The van der Waals surface area contributed by atoms with Crippen LogP contribution in [0, 0.1) is 6.92 Å². The quantitative estimate of drug-likeness (QED) is 0.465. The summed E-state index contributed by atoms with van der Waals surface area (Å²) in [6.45, 7) is 3.91. The first kappa shape index (κ1) is 12.2. The Hall–Kier alpha value is -1.28. The Bertz CT molecular complexity index is 430. The predicted octanol–water partition coefficient (Wildman–Crippen LogP) is 3.35.